The standard InChI is InChI=1S/C17H20F3N3O3/c1-16(2,15(26)23-9-7-22(11-24)8-10-23)14(25)21-13-6-4-3-5-12(13)17(18,19)20/h3-6,11H,7-10H2,1-2H3,(H,21,25). The van der Waals surface area contributed by atoms with Gasteiger partial charge in [-0.15, -0.1) is 0 Å². The molecule has 0 unspecified atom stereocenters. The Kier molecular flexibility index (Phi) is 5.58. The highest BCUT2D eigenvalue weighted by Crippen LogP contribution is 2.35. The lowest BCUT2D eigenvalue weighted by Gasteiger charge is -2.36. The van der Waals surface area contributed by atoms with Gasteiger partial charge in [0.1, 0.15) is 5.41 Å². The molecule has 0 radical (unpaired) electrons. The quantitative estimate of drug-likeness (QED) is 0.650. The molecular formula is C17H20F3N3O3. The second kappa shape index (κ2) is 7.35. The highest BCUT2D eigenvalue weighted by atomic mass is 19.4. The summed E-state index contributed by atoms with van der Waals surface area (Å²) >= 11 is 0. The molecule has 1 fully saturated rings. The summed E-state index contributed by atoms with van der Waals surface area (Å²) in [6, 6.07) is 4.60. The molecule has 2 rings (SSSR count). The zero-order chi connectivity index (χ0) is 19.5. The van der Waals surface area contributed by atoms with Gasteiger partial charge in [0.2, 0.25) is 18.2 Å². The lowest BCUT2D eigenvalue weighted by atomic mass is 9.89. The van der Waals surface area contributed by atoms with Crippen LogP contribution in [0.25, 0.3) is 0 Å². The average molecular weight is 371 g/mol. The molecule has 0 saturated carbocycles. The minimum absolute atomic E-state index is 0.271. The van der Waals surface area contributed by atoms with Crippen LogP contribution in [0.2, 0.25) is 0 Å². The summed E-state index contributed by atoms with van der Waals surface area (Å²) in [5, 5.41) is 2.22. The molecule has 1 aromatic carbocycles. The molecule has 9 heteroatoms. The van der Waals surface area contributed by atoms with E-state index < -0.39 is 34.7 Å². The molecule has 1 saturated heterocycles. The molecule has 1 aliphatic rings. The summed E-state index contributed by atoms with van der Waals surface area (Å²) in [5.74, 6) is -1.32. The second-order valence-corrected chi connectivity index (χ2v) is 6.56. The Morgan fingerprint density at radius 3 is 2.19 bits per heavy atom. The first-order chi connectivity index (χ1) is 12.1. The van der Waals surface area contributed by atoms with E-state index in [1.807, 2.05) is 0 Å². The predicted molar refractivity (Wildman–Crippen MR) is 88.1 cm³/mol. The zero-order valence-electron chi connectivity index (χ0n) is 14.5. The average Bonchev–Trinajstić information content (AvgIpc) is 2.60. The molecule has 1 N–H and O–H groups in total. The number of hydrogen-bond acceptors (Lipinski definition) is 3. The summed E-state index contributed by atoms with van der Waals surface area (Å²) in [5.41, 5.74) is -2.92. The summed E-state index contributed by atoms with van der Waals surface area (Å²) in [7, 11) is 0. The number of nitrogens with zero attached hydrogens (tertiary/aromatic N) is 2. The van der Waals surface area contributed by atoms with Gasteiger partial charge in [0.05, 0.1) is 11.3 Å². The number of rotatable bonds is 4. The predicted octanol–water partition coefficient (Wildman–Crippen LogP) is 1.97. The smallest absolute Gasteiger partial charge is 0.342 e. The van der Waals surface area contributed by atoms with E-state index in [0.29, 0.717) is 19.5 Å². The maximum Gasteiger partial charge on any atom is 0.418 e. The maximum atomic E-state index is 13.1. The number of carbonyl (C=O) groups is 3. The van der Waals surface area contributed by atoms with Gasteiger partial charge in [0.25, 0.3) is 0 Å². The number of anilines is 1. The number of halogens is 3. The van der Waals surface area contributed by atoms with Crippen LogP contribution in [0.4, 0.5) is 18.9 Å². The minimum Gasteiger partial charge on any atom is -0.342 e. The van der Waals surface area contributed by atoms with Crippen LogP contribution in [-0.2, 0) is 20.6 Å². The highest BCUT2D eigenvalue weighted by molar-refractivity contribution is 6.10. The molecule has 6 nitrogen and oxygen atoms in total. The molecule has 0 atom stereocenters. The zero-order valence-corrected chi connectivity index (χ0v) is 14.5. The van der Waals surface area contributed by atoms with Crippen molar-refractivity contribution in [1.82, 2.24) is 9.80 Å². The Labute approximate surface area is 148 Å². The largest absolute Gasteiger partial charge is 0.418 e. The van der Waals surface area contributed by atoms with E-state index in [2.05, 4.69) is 5.32 Å². The molecular weight excluding hydrogens is 351 g/mol. The van der Waals surface area contributed by atoms with Gasteiger partial charge in [-0.05, 0) is 26.0 Å². The molecule has 1 aliphatic heterocycles. The van der Waals surface area contributed by atoms with Crippen molar-refractivity contribution in [3.05, 3.63) is 29.8 Å². The normalized spacial score (nSPS) is 15.6. The van der Waals surface area contributed by atoms with Gasteiger partial charge in [-0.25, -0.2) is 0 Å². The Hall–Kier alpha value is -2.58. The number of alkyl halides is 3. The summed E-state index contributed by atoms with van der Waals surface area (Å²) < 4.78 is 39.2. The number of piperazine rings is 1. The number of benzene rings is 1. The Morgan fingerprint density at radius 2 is 1.65 bits per heavy atom. The van der Waals surface area contributed by atoms with Crippen LogP contribution in [0.3, 0.4) is 0 Å². The fraction of sp³-hybridized carbons (Fsp3) is 0.471. The molecule has 1 heterocycles. The van der Waals surface area contributed by atoms with E-state index in [-0.39, 0.29) is 13.1 Å². The van der Waals surface area contributed by atoms with Crippen molar-refractivity contribution < 1.29 is 27.6 Å². The fourth-order valence-electron chi connectivity index (χ4n) is 2.64. The van der Waals surface area contributed by atoms with Gasteiger partial charge in [-0.1, -0.05) is 12.1 Å². The van der Waals surface area contributed by atoms with Crippen molar-refractivity contribution in [2.24, 2.45) is 5.41 Å². The number of amides is 3. The molecule has 0 aromatic heterocycles. The van der Waals surface area contributed by atoms with Crippen LogP contribution in [0.5, 0.6) is 0 Å². The topological polar surface area (TPSA) is 69.7 Å². The first kappa shape index (κ1) is 19.7. The van der Waals surface area contributed by atoms with Crippen LogP contribution in [0.15, 0.2) is 24.3 Å². The van der Waals surface area contributed by atoms with Crippen molar-refractivity contribution in [3.8, 4) is 0 Å². The van der Waals surface area contributed by atoms with E-state index in [1.54, 1.807) is 0 Å². The molecule has 3 amide bonds. The van der Waals surface area contributed by atoms with Crippen molar-refractivity contribution in [3.63, 3.8) is 0 Å². The first-order valence-electron chi connectivity index (χ1n) is 8.03. The van der Waals surface area contributed by atoms with E-state index in [1.165, 1.54) is 35.8 Å². The van der Waals surface area contributed by atoms with E-state index in [9.17, 15) is 27.6 Å². The number of hydrogen-bond donors (Lipinski definition) is 1. The molecule has 142 valence electrons. The van der Waals surface area contributed by atoms with E-state index >= 15 is 0 Å². The van der Waals surface area contributed by atoms with E-state index in [0.717, 1.165) is 12.1 Å². The molecule has 0 bridgehead atoms. The Morgan fingerprint density at radius 1 is 1.08 bits per heavy atom. The second-order valence-electron chi connectivity index (χ2n) is 6.56. The highest BCUT2D eigenvalue weighted by Gasteiger charge is 2.41. The molecule has 26 heavy (non-hydrogen) atoms. The van der Waals surface area contributed by atoms with E-state index in [4.69, 9.17) is 0 Å². The summed E-state index contributed by atoms with van der Waals surface area (Å²) in [6.45, 7) is 3.98. The molecule has 1 aromatic rings. The van der Waals surface area contributed by atoms with Crippen LogP contribution >= 0.6 is 0 Å². The third kappa shape index (κ3) is 4.14. The lowest BCUT2D eigenvalue weighted by Crippen LogP contribution is -2.54. The van der Waals surface area contributed by atoms with Crippen molar-refractivity contribution in [2.45, 2.75) is 20.0 Å². The third-order valence-corrected chi connectivity index (χ3v) is 4.33. The monoisotopic (exact) mass is 371 g/mol. The molecule has 0 spiro atoms. The SMILES string of the molecule is CC(C)(C(=O)Nc1ccccc1C(F)(F)F)C(=O)N1CCN(C=O)CC1. The summed E-state index contributed by atoms with van der Waals surface area (Å²) in [6.07, 6.45) is -3.93. The van der Waals surface area contributed by atoms with Gasteiger partial charge in [0.15, 0.2) is 0 Å². The van der Waals surface area contributed by atoms with Gasteiger partial charge >= 0.3 is 6.18 Å². The van der Waals surface area contributed by atoms with Gasteiger partial charge in [-0.2, -0.15) is 13.2 Å². The lowest BCUT2D eigenvalue weighted by molar-refractivity contribution is -0.148. The first-order valence-corrected chi connectivity index (χ1v) is 8.03. The number of carbonyl (C=O) groups excluding carboxylic acids is 3. The third-order valence-electron chi connectivity index (χ3n) is 4.33. The van der Waals surface area contributed by atoms with Crippen molar-refractivity contribution in [1.29, 1.82) is 0 Å². The van der Waals surface area contributed by atoms with Gasteiger partial charge in [0, 0.05) is 26.2 Å². The van der Waals surface area contributed by atoms with Gasteiger partial charge < -0.3 is 15.1 Å². The Balaban J connectivity index is 2.13. The summed E-state index contributed by atoms with van der Waals surface area (Å²) in [4.78, 5) is 38.9. The van der Waals surface area contributed by atoms with Crippen LogP contribution in [-0.4, -0.2) is 54.2 Å². The van der Waals surface area contributed by atoms with Crippen LogP contribution in [0.1, 0.15) is 19.4 Å². The van der Waals surface area contributed by atoms with Crippen molar-refractivity contribution in [2.75, 3.05) is 31.5 Å². The number of para-hydroxylation sites is 1. The van der Waals surface area contributed by atoms with Crippen LogP contribution < -0.4 is 5.32 Å². The van der Waals surface area contributed by atoms with Crippen LogP contribution in [0, 0.1) is 5.41 Å². The number of nitrogens with one attached hydrogen (secondary N) is 1. The maximum absolute atomic E-state index is 13.1. The minimum atomic E-state index is -4.62. The Bertz CT molecular complexity index is 696. The van der Waals surface area contributed by atoms with Gasteiger partial charge in [-0.3, -0.25) is 14.4 Å². The molecule has 0 aliphatic carbocycles. The van der Waals surface area contributed by atoms with Crippen molar-refractivity contribution >= 4 is 23.9 Å². The fourth-order valence-corrected chi connectivity index (χ4v) is 2.64.